The molecule has 0 atom stereocenters. The van der Waals surface area contributed by atoms with Crippen LogP contribution in [-0.4, -0.2) is 18.2 Å². The van der Waals surface area contributed by atoms with Gasteiger partial charge in [-0.3, -0.25) is 0 Å². The van der Waals surface area contributed by atoms with Crippen LogP contribution >= 0.6 is 0 Å². The van der Waals surface area contributed by atoms with Crippen molar-refractivity contribution in [2.75, 3.05) is 7.11 Å². The van der Waals surface area contributed by atoms with E-state index in [9.17, 15) is 4.79 Å². The van der Waals surface area contributed by atoms with Gasteiger partial charge in [0, 0.05) is 5.92 Å². The number of rotatable bonds is 2. The molecule has 4 heteroatoms. The largest absolute Gasteiger partial charge is 0.465 e. The maximum atomic E-state index is 11.1. The van der Waals surface area contributed by atoms with Crippen LogP contribution in [0.5, 0.6) is 0 Å². The zero-order chi connectivity index (χ0) is 9.14. The van der Waals surface area contributed by atoms with Gasteiger partial charge in [0.2, 0.25) is 0 Å². The Morgan fingerprint density at radius 3 is 2.83 bits per heavy atom. The number of carbonyl (C=O) groups is 1. The van der Waals surface area contributed by atoms with E-state index in [-0.39, 0.29) is 5.92 Å². The minimum absolute atomic E-state index is 0.140. The smallest absolute Gasteiger partial charge is 0.343 e. The van der Waals surface area contributed by atoms with Crippen LogP contribution < -0.4 is 0 Å². The van der Waals surface area contributed by atoms with Crippen molar-refractivity contribution in [2.24, 2.45) is 0 Å². The molecule has 0 unspecified atom stereocenters. The van der Waals surface area contributed by atoms with Gasteiger partial charge in [0.05, 0.1) is 13.3 Å². The predicted octanol–water partition coefficient (Wildman–Crippen LogP) is 1.58. The third-order valence-corrected chi connectivity index (χ3v) is 1.53. The maximum absolute atomic E-state index is 11.1. The molecule has 1 aromatic rings. The first-order valence-corrected chi connectivity index (χ1v) is 3.69. The van der Waals surface area contributed by atoms with Crippen LogP contribution in [0.4, 0.5) is 0 Å². The highest BCUT2D eigenvalue weighted by atomic mass is 16.5. The molecular formula is C8H11NO3. The van der Waals surface area contributed by atoms with Crippen LogP contribution in [0.2, 0.25) is 0 Å². The Morgan fingerprint density at radius 1 is 1.67 bits per heavy atom. The molecule has 0 spiro atoms. The average molecular weight is 169 g/mol. The zero-order valence-electron chi connectivity index (χ0n) is 7.33. The SMILES string of the molecule is COC(=O)c1cnoc1C(C)C. The summed E-state index contributed by atoms with van der Waals surface area (Å²) in [5.74, 6) is 0.309. The van der Waals surface area contributed by atoms with Crippen LogP contribution in [-0.2, 0) is 4.74 Å². The minimum atomic E-state index is -0.403. The van der Waals surface area contributed by atoms with Gasteiger partial charge in [-0.05, 0) is 0 Å². The first kappa shape index (κ1) is 8.77. The van der Waals surface area contributed by atoms with Crippen molar-refractivity contribution in [3.63, 3.8) is 0 Å². The molecule has 12 heavy (non-hydrogen) atoms. The van der Waals surface area contributed by atoms with E-state index in [4.69, 9.17) is 4.52 Å². The molecule has 0 bridgehead atoms. The number of carbonyl (C=O) groups excluding carboxylic acids is 1. The fraction of sp³-hybridized carbons (Fsp3) is 0.500. The summed E-state index contributed by atoms with van der Waals surface area (Å²) < 4.78 is 9.44. The number of esters is 1. The summed E-state index contributed by atoms with van der Waals surface area (Å²) in [5.41, 5.74) is 0.410. The Labute approximate surface area is 70.5 Å². The van der Waals surface area contributed by atoms with Crippen molar-refractivity contribution in [1.82, 2.24) is 5.16 Å². The van der Waals surface area contributed by atoms with E-state index in [0.717, 1.165) is 0 Å². The molecule has 0 N–H and O–H groups in total. The van der Waals surface area contributed by atoms with Gasteiger partial charge in [-0.15, -0.1) is 0 Å². The molecule has 0 aliphatic rings. The average Bonchev–Trinajstić information content (AvgIpc) is 2.50. The van der Waals surface area contributed by atoms with Gasteiger partial charge in [0.1, 0.15) is 5.56 Å². The second kappa shape index (κ2) is 3.38. The Hall–Kier alpha value is -1.32. The number of aromatic nitrogens is 1. The molecule has 1 rings (SSSR count). The Bertz CT molecular complexity index is 278. The van der Waals surface area contributed by atoms with Gasteiger partial charge in [0.15, 0.2) is 5.76 Å². The first-order chi connectivity index (χ1) is 5.66. The van der Waals surface area contributed by atoms with Crippen molar-refractivity contribution < 1.29 is 14.1 Å². The number of ether oxygens (including phenoxy) is 1. The normalized spacial score (nSPS) is 10.3. The second-order valence-electron chi connectivity index (χ2n) is 2.75. The zero-order valence-corrected chi connectivity index (χ0v) is 7.33. The monoisotopic (exact) mass is 169 g/mol. The molecule has 0 amide bonds. The molecule has 0 saturated carbocycles. The van der Waals surface area contributed by atoms with E-state index in [1.54, 1.807) is 0 Å². The van der Waals surface area contributed by atoms with Crippen molar-refractivity contribution in [1.29, 1.82) is 0 Å². The number of hydrogen-bond donors (Lipinski definition) is 0. The fourth-order valence-corrected chi connectivity index (χ4v) is 0.928. The summed E-state index contributed by atoms with van der Waals surface area (Å²) in [4.78, 5) is 11.1. The summed E-state index contributed by atoms with van der Waals surface area (Å²) in [7, 11) is 1.33. The quantitative estimate of drug-likeness (QED) is 0.631. The van der Waals surface area contributed by atoms with Gasteiger partial charge < -0.3 is 9.26 Å². The van der Waals surface area contributed by atoms with E-state index >= 15 is 0 Å². The van der Waals surface area contributed by atoms with E-state index in [1.165, 1.54) is 13.3 Å². The van der Waals surface area contributed by atoms with E-state index in [0.29, 0.717) is 11.3 Å². The highest BCUT2D eigenvalue weighted by Crippen LogP contribution is 2.19. The number of nitrogens with zero attached hydrogens (tertiary/aromatic N) is 1. The molecular weight excluding hydrogens is 158 g/mol. The minimum Gasteiger partial charge on any atom is -0.465 e. The highest BCUT2D eigenvalue weighted by molar-refractivity contribution is 5.90. The van der Waals surface area contributed by atoms with E-state index < -0.39 is 5.97 Å². The van der Waals surface area contributed by atoms with Crippen LogP contribution in [0.15, 0.2) is 10.7 Å². The molecule has 1 heterocycles. The number of methoxy groups -OCH3 is 1. The summed E-state index contributed by atoms with van der Waals surface area (Å²) >= 11 is 0. The number of hydrogen-bond acceptors (Lipinski definition) is 4. The van der Waals surface area contributed by atoms with Crippen molar-refractivity contribution in [2.45, 2.75) is 19.8 Å². The van der Waals surface area contributed by atoms with E-state index in [2.05, 4.69) is 9.89 Å². The molecule has 0 aliphatic heterocycles. The maximum Gasteiger partial charge on any atom is 0.343 e. The third kappa shape index (κ3) is 1.47. The molecule has 1 aromatic heterocycles. The third-order valence-electron chi connectivity index (χ3n) is 1.53. The summed E-state index contributed by atoms with van der Waals surface area (Å²) in [6.07, 6.45) is 1.38. The summed E-state index contributed by atoms with van der Waals surface area (Å²) in [6, 6.07) is 0. The lowest BCUT2D eigenvalue weighted by molar-refractivity contribution is 0.0597. The topological polar surface area (TPSA) is 52.3 Å². The Kier molecular flexibility index (Phi) is 2.47. The van der Waals surface area contributed by atoms with Gasteiger partial charge in [0.25, 0.3) is 0 Å². The first-order valence-electron chi connectivity index (χ1n) is 3.69. The molecule has 0 fully saturated rings. The molecule has 0 saturated heterocycles. The molecule has 4 nitrogen and oxygen atoms in total. The Morgan fingerprint density at radius 2 is 2.33 bits per heavy atom. The lowest BCUT2D eigenvalue weighted by Gasteiger charge is -2.00. The summed E-state index contributed by atoms with van der Waals surface area (Å²) in [6.45, 7) is 3.85. The van der Waals surface area contributed by atoms with Gasteiger partial charge >= 0.3 is 5.97 Å². The lowest BCUT2D eigenvalue weighted by atomic mass is 10.1. The molecule has 66 valence electrons. The van der Waals surface area contributed by atoms with Crippen molar-refractivity contribution >= 4 is 5.97 Å². The lowest BCUT2D eigenvalue weighted by Crippen LogP contribution is -2.03. The molecule has 0 aliphatic carbocycles. The highest BCUT2D eigenvalue weighted by Gasteiger charge is 2.18. The van der Waals surface area contributed by atoms with Crippen LogP contribution in [0, 0.1) is 0 Å². The van der Waals surface area contributed by atoms with E-state index in [1.807, 2.05) is 13.8 Å². The van der Waals surface area contributed by atoms with Crippen molar-refractivity contribution in [3.05, 3.63) is 17.5 Å². The fourth-order valence-electron chi connectivity index (χ4n) is 0.928. The van der Waals surface area contributed by atoms with Crippen LogP contribution in [0.25, 0.3) is 0 Å². The second-order valence-corrected chi connectivity index (χ2v) is 2.75. The molecule has 0 radical (unpaired) electrons. The van der Waals surface area contributed by atoms with Crippen LogP contribution in [0.3, 0.4) is 0 Å². The van der Waals surface area contributed by atoms with Gasteiger partial charge in [-0.2, -0.15) is 0 Å². The standard InChI is InChI=1S/C8H11NO3/c1-5(2)7-6(4-9-12-7)8(10)11-3/h4-5H,1-3H3. The van der Waals surface area contributed by atoms with Gasteiger partial charge in [-0.25, -0.2) is 4.79 Å². The van der Waals surface area contributed by atoms with Crippen molar-refractivity contribution in [3.8, 4) is 0 Å². The van der Waals surface area contributed by atoms with Gasteiger partial charge in [-0.1, -0.05) is 19.0 Å². The summed E-state index contributed by atoms with van der Waals surface area (Å²) in [5, 5.41) is 3.54. The van der Waals surface area contributed by atoms with Crippen LogP contribution in [0.1, 0.15) is 35.9 Å². The predicted molar refractivity (Wildman–Crippen MR) is 41.9 cm³/mol. The molecule has 0 aromatic carbocycles. The Balaban J connectivity index is 2.99.